The molecule has 6 nitrogen and oxygen atoms in total. The first-order valence-corrected chi connectivity index (χ1v) is 4.58. The Hall–Kier alpha value is -1.98. The molecule has 0 aliphatic carbocycles. The van der Waals surface area contributed by atoms with E-state index in [2.05, 4.69) is 9.97 Å². The lowest BCUT2D eigenvalue weighted by Crippen LogP contribution is -2.19. The third-order valence-corrected chi connectivity index (χ3v) is 1.90. The van der Waals surface area contributed by atoms with Crippen LogP contribution in [0.1, 0.15) is 47.6 Å². The summed E-state index contributed by atoms with van der Waals surface area (Å²) in [5.41, 5.74) is -0.355. The number of carboxylic acid groups (broad SMARTS) is 2. The molecule has 0 atom stereocenters. The van der Waals surface area contributed by atoms with E-state index >= 15 is 0 Å². The van der Waals surface area contributed by atoms with Gasteiger partial charge in [0.25, 0.3) is 0 Å². The molecule has 1 heterocycles. The minimum atomic E-state index is -1.34. The number of carbonyl (C=O) groups is 2. The van der Waals surface area contributed by atoms with Gasteiger partial charge in [-0.15, -0.1) is 0 Å². The number of hydrogen-bond acceptors (Lipinski definition) is 4. The van der Waals surface area contributed by atoms with E-state index in [1.165, 1.54) is 6.07 Å². The van der Waals surface area contributed by atoms with Gasteiger partial charge in [0.2, 0.25) is 5.82 Å². The molecule has 0 saturated carbocycles. The van der Waals surface area contributed by atoms with Crippen LogP contribution in [0.25, 0.3) is 0 Å². The fourth-order valence-corrected chi connectivity index (χ4v) is 1.04. The number of rotatable bonds is 2. The molecule has 1 rings (SSSR count). The number of nitrogens with zero attached hydrogens (tertiary/aromatic N) is 2. The van der Waals surface area contributed by atoms with Gasteiger partial charge in [-0.3, -0.25) is 0 Å². The monoisotopic (exact) mass is 224 g/mol. The van der Waals surface area contributed by atoms with Gasteiger partial charge in [-0.1, -0.05) is 20.8 Å². The highest BCUT2D eigenvalue weighted by atomic mass is 16.4. The molecular formula is C10H12N2O4. The second-order valence-electron chi connectivity index (χ2n) is 4.32. The predicted molar refractivity (Wildman–Crippen MR) is 54.7 cm³/mol. The highest BCUT2D eigenvalue weighted by molar-refractivity contribution is 5.88. The molecule has 86 valence electrons. The van der Waals surface area contributed by atoms with Crippen LogP contribution in [0, 0.1) is 0 Å². The molecule has 1 aromatic heterocycles. The van der Waals surface area contributed by atoms with Crippen LogP contribution in [0.4, 0.5) is 0 Å². The van der Waals surface area contributed by atoms with Crippen LogP contribution in [-0.4, -0.2) is 32.1 Å². The average molecular weight is 224 g/mol. The molecule has 1 aromatic rings. The van der Waals surface area contributed by atoms with E-state index in [9.17, 15) is 9.59 Å². The average Bonchev–Trinajstić information content (AvgIpc) is 2.15. The van der Waals surface area contributed by atoms with E-state index in [0.29, 0.717) is 5.69 Å². The van der Waals surface area contributed by atoms with Crippen molar-refractivity contribution in [3.05, 3.63) is 23.3 Å². The van der Waals surface area contributed by atoms with Crippen LogP contribution in [0.5, 0.6) is 0 Å². The maximum Gasteiger partial charge on any atom is 0.373 e. The van der Waals surface area contributed by atoms with Gasteiger partial charge in [0, 0.05) is 5.41 Å². The summed E-state index contributed by atoms with van der Waals surface area (Å²) in [5.74, 6) is -3.10. The van der Waals surface area contributed by atoms with Gasteiger partial charge in [0.1, 0.15) is 0 Å². The lowest BCUT2D eigenvalue weighted by atomic mass is 9.91. The minimum Gasteiger partial charge on any atom is -0.477 e. The molecule has 0 radical (unpaired) electrons. The molecule has 0 aliphatic heterocycles. The highest BCUT2D eigenvalue weighted by Crippen LogP contribution is 2.20. The quantitative estimate of drug-likeness (QED) is 0.782. The Bertz CT molecular complexity index is 416. The zero-order chi connectivity index (χ0) is 12.5. The maximum atomic E-state index is 10.8. The van der Waals surface area contributed by atoms with E-state index in [4.69, 9.17) is 10.2 Å². The topological polar surface area (TPSA) is 100 Å². The molecule has 0 aliphatic rings. The first-order chi connectivity index (χ1) is 7.21. The van der Waals surface area contributed by atoms with Crippen LogP contribution in [0.3, 0.4) is 0 Å². The number of carboxylic acids is 2. The van der Waals surface area contributed by atoms with Gasteiger partial charge >= 0.3 is 11.9 Å². The predicted octanol–water partition coefficient (Wildman–Crippen LogP) is 1.17. The largest absolute Gasteiger partial charge is 0.477 e. The summed E-state index contributed by atoms with van der Waals surface area (Å²) in [6, 6.07) is 1.29. The summed E-state index contributed by atoms with van der Waals surface area (Å²) in [5, 5.41) is 17.6. The second-order valence-corrected chi connectivity index (χ2v) is 4.32. The molecule has 2 N–H and O–H groups in total. The fourth-order valence-electron chi connectivity index (χ4n) is 1.04. The van der Waals surface area contributed by atoms with Gasteiger partial charge < -0.3 is 10.2 Å². The van der Waals surface area contributed by atoms with E-state index in [0.717, 1.165) is 0 Å². The van der Waals surface area contributed by atoms with Crippen molar-refractivity contribution in [2.24, 2.45) is 0 Å². The molecule has 0 fully saturated rings. The third kappa shape index (κ3) is 2.53. The lowest BCUT2D eigenvalue weighted by molar-refractivity contribution is 0.0678. The molecule has 0 spiro atoms. The van der Waals surface area contributed by atoms with Crippen molar-refractivity contribution in [2.45, 2.75) is 26.2 Å². The third-order valence-electron chi connectivity index (χ3n) is 1.90. The Labute approximate surface area is 92.0 Å². The zero-order valence-electron chi connectivity index (χ0n) is 9.18. The Morgan fingerprint density at radius 3 is 2.06 bits per heavy atom. The maximum absolute atomic E-state index is 10.8. The van der Waals surface area contributed by atoms with Crippen molar-refractivity contribution in [1.82, 2.24) is 9.97 Å². The zero-order valence-corrected chi connectivity index (χ0v) is 9.18. The van der Waals surface area contributed by atoms with E-state index in [1.54, 1.807) is 0 Å². The number of aromatic carboxylic acids is 2. The molecule has 16 heavy (non-hydrogen) atoms. The Morgan fingerprint density at radius 1 is 1.12 bits per heavy atom. The van der Waals surface area contributed by atoms with Crippen LogP contribution in [0.2, 0.25) is 0 Å². The van der Waals surface area contributed by atoms with Gasteiger partial charge in [-0.2, -0.15) is 0 Å². The normalized spacial score (nSPS) is 11.2. The molecular weight excluding hydrogens is 212 g/mol. The summed E-state index contributed by atoms with van der Waals surface area (Å²) in [6.45, 7) is 5.44. The van der Waals surface area contributed by atoms with Gasteiger partial charge in [-0.05, 0) is 6.07 Å². The van der Waals surface area contributed by atoms with Crippen molar-refractivity contribution in [3.63, 3.8) is 0 Å². The summed E-state index contributed by atoms with van der Waals surface area (Å²) in [4.78, 5) is 28.8. The van der Waals surface area contributed by atoms with E-state index in [1.807, 2.05) is 20.8 Å². The number of hydrogen-bond donors (Lipinski definition) is 2. The fraction of sp³-hybridized carbons (Fsp3) is 0.400. The molecule has 0 aromatic carbocycles. The van der Waals surface area contributed by atoms with Gasteiger partial charge in [-0.25, -0.2) is 19.6 Å². The summed E-state index contributed by atoms with van der Waals surface area (Å²) in [6.07, 6.45) is 0. The molecule has 0 saturated heterocycles. The Balaban J connectivity index is 3.42. The van der Waals surface area contributed by atoms with Crippen LogP contribution < -0.4 is 0 Å². The van der Waals surface area contributed by atoms with Crippen molar-refractivity contribution in [1.29, 1.82) is 0 Å². The van der Waals surface area contributed by atoms with Crippen molar-refractivity contribution in [3.8, 4) is 0 Å². The molecule has 0 bridgehead atoms. The smallest absolute Gasteiger partial charge is 0.373 e. The summed E-state index contributed by atoms with van der Waals surface area (Å²) in [7, 11) is 0. The highest BCUT2D eigenvalue weighted by Gasteiger charge is 2.22. The van der Waals surface area contributed by atoms with Crippen molar-refractivity contribution >= 4 is 11.9 Å². The van der Waals surface area contributed by atoms with Crippen molar-refractivity contribution < 1.29 is 19.8 Å². The first kappa shape index (κ1) is 12.1. The van der Waals surface area contributed by atoms with Gasteiger partial charge in [0.15, 0.2) is 5.69 Å². The van der Waals surface area contributed by atoms with E-state index in [-0.39, 0.29) is 5.69 Å². The molecule has 0 amide bonds. The standard InChI is InChI=1S/C10H12N2O4/c1-10(2,3)6-4-5(8(13)14)11-7(12-6)9(15)16/h4H,1-3H3,(H,13,14)(H,15,16). The first-order valence-electron chi connectivity index (χ1n) is 4.58. The van der Waals surface area contributed by atoms with Crippen molar-refractivity contribution in [2.75, 3.05) is 0 Å². The van der Waals surface area contributed by atoms with Crippen LogP contribution in [0.15, 0.2) is 6.07 Å². The van der Waals surface area contributed by atoms with Crippen LogP contribution >= 0.6 is 0 Å². The Kier molecular flexibility index (Phi) is 2.93. The lowest BCUT2D eigenvalue weighted by Gasteiger charge is -2.17. The second kappa shape index (κ2) is 3.88. The minimum absolute atomic E-state index is 0.308. The summed E-state index contributed by atoms with van der Waals surface area (Å²) >= 11 is 0. The van der Waals surface area contributed by atoms with E-state index < -0.39 is 23.2 Å². The summed E-state index contributed by atoms with van der Waals surface area (Å²) < 4.78 is 0. The molecule has 6 heteroatoms. The SMILES string of the molecule is CC(C)(C)c1cc(C(=O)O)nc(C(=O)O)n1. The number of aromatic nitrogens is 2. The Morgan fingerprint density at radius 2 is 1.69 bits per heavy atom. The van der Waals surface area contributed by atoms with Gasteiger partial charge in [0.05, 0.1) is 5.69 Å². The molecule has 0 unspecified atom stereocenters. The van der Waals surface area contributed by atoms with Crippen LogP contribution in [-0.2, 0) is 5.41 Å².